The van der Waals surface area contributed by atoms with Gasteiger partial charge in [0.05, 0.1) is 5.56 Å². The van der Waals surface area contributed by atoms with Gasteiger partial charge < -0.3 is 20.5 Å². The molecule has 1 fully saturated rings. The maximum absolute atomic E-state index is 12.3. The highest BCUT2D eigenvalue weighted by atomic mass is 16.7. The Balaban J connectivity index is 1.72. The zero-order valence-corrected chi connectivity index (χ0v) is 11.9. The van der Waals surface area contributed by atoms with Crippen LogP contribution in [0.25, 0.3) is 0 Å². The van der Waals surface area contributed by atoms with Crippen LogP contribution >= 0.6 is 0 Å². The highest BCUT2D eigenvalue weighted by molar-refractivity contribution is 6.00. The van der Waals surface area contributed by atoms with Crippen LogP contribution in [0.1, 0.15) is 37.0 Å². The lowest BCUT2D eigenvalue weighted by Gasteiger charge is -2.20. The van der Waals surface area contributed by atoms with Gasteiger partial charge in [-0.05, 0) is 30.2 Å². The molecule has 5 heteroatoms. The zero-order valence-electron chi connectivity index (χ0n) is 11.9. The molecule has 20 heavy (non-hydrogen) atoms. The minimum Gasteiger partial charge on any atom is -0.454 e. The van der Waals surface area contributed by atoms with Gasteiger partial charge in [-0.3, -0.25) is 4.79 Å². The van der Waals surface area contributed by atoms with Gasteiger partial charge >= 0.3 is 0 Å². The molecule has 0 unspecified atom stereocenters. The third-order valence-corrected chi connectivity index (χ3v) is 4.51. The smallest absolute Gasteiger partial charge is 0.253 e. The molecule has 1 saturated carbocycles. The molecule has 0 radical (unpaired) electrons. The summed E-state index contributed by atoms with van der Waals surface area (Å²) in [7, 11) is 0. The Morgan fingerprint density at radius 2 is 2.00 bits per heavy atom. The van der Waals surface area contributed by atoms with E-state index < -0.39 is 0 Å². The van der Waals surface area contributed by atoms with Crippen molar-refractivity contribution in [3.05, 3.63) is 17.7 Å². The molecular formula is C15H20N2O3. The Labute approximate surface area is 118 Å². The number of fused-ring (bicyclic) bond motifs is 1. The van der Waals surface area contributed by atoms with E-state index in [0.717, 1.165) is 0 Å². The number of nitrogen functional groups attached to an aromatic ring is 1. The Bertz CT molecular complexity index is 550. The number of carbonyl (C=O) groups excluding carboxylic acids is 1. The Morgan fingerprint density at radius 3 is 2.60 bits per heavy atom. The number of nitrogens with two attached hydrogens (primary N) is 1. The maximum atomic E-state index is 12.3. The minimum atomic E-state index is -0.146. The van der Waals surface area contributed by atoms with Crippen molar-refractivity contribution >= 4 is 11.6 Å². The van der Waals surface area contributed by atoms with Gasteiger partial charge in [-0.25, -0.2) is 0 Å². The van der Waals surface area contributed by atoms with E-state index in [0.29, 0.717) is 35.2 Å². The fourth-order valence-corrected chi connectivity index (χ4v) is 2.62. The van der Waals surface area contributed by atoms with E-state index in [-0.39, 0.29) is 18.1 Å². The Hall–Kier alpha value is -1.91. The molecule has 1 aliphatic heterocycles. The standard InChI is InChI=1S/C15H20N2O3/c1-9(2)15(3-4-15)7-17-14(18)10-5-12-13(6-11(10)16)20-8-19-12/h5-6,9H,3-4,7-8,16H2,1-2H3,(H,17,18). The first-order chi connectivity index (χ1) is 9.52. The number of benzene rings is 1. The Morgan fingerprint density at radius 1 is 1.35 bits per heavy atom. The molecule has 1 amide bonds. The molecule has 0 bridgehead atoms. The number of ether oxygens (including phenoxy) is 2. The lowest BCUT2D eigenvalue weighted by atomic mass is 9.92. The molecule has 0 saturated heterocycles. The monoisotopic (exact) mass is 276 g/mol. The first-order valence-corrected chi connectivity index (χ1v) is 6.99. The topological polar surface area (TPSA) is 73.6 Å². The predicted molar refractivity (Wildman–Crippen MR) is 75.8 cm³/mol. The summed E-state index contributed by atoms with van der Waals surface area (Å²) in [5.41, 5.74) is 7.06. The third kappa shape index (κ3) is 2.17. The van der Waals surface area contributed by atoms with E-state index in [9.17, 15) is 4.79 Å². The minimum absolute atomic E-state index is 0.146. The molecule has 1 aliphatic carbocycles. The SMILES string of the molecule is CC(C)C1(CNC(=O)c2cc3c(cc2N)OCO3)CC1. The van der Waals surface area contributed by atoms with Crippen molar-refractivity contribution < 1.29 is 14.3 Å². The van der Waals surface area contributed by atoms with Crippen LogP contribution in [0.4, 0.5) is 5.69 Å². The average molecular weight is 276 g/mol. The summed E-state index contributed by atoms with van der Waals surface area (Å²) in [6, 6.07) is 3.30. The summed E-state index contributed by atoms with van der Waals surface area (Å²) in [4.78, 5) is 12.3. The largest absolute Gasteiger partial charge is 0.454 e. The molecule has 108 valence electrons. The van der Waals surface area contributed by atoms with Gasteiger partial charge in [0.1, 0.15) is 0 Å². The van der Waals surface area contributed by atoms with E-state index in [4.69, 9.17) is 15.2 Å². The van der Waals surface area contributed by atoms with Crippen molar-refractivity contribution in [2.75, 3.05) is 19.1 Å². The third-order valence-electron chi connectivity index (χ3n) is 4.51. The van der Waals surface area contributed by atoms with Crippen LogP contribution in [0.2, 0.25) is 0 Å². The molecule has 1 aromatic rings. The average Bonchev–Trinajstić information content (AvgIpc) is 3.08. The summed E-state index contributed by atoms with van der Waals surface area (Å²) in [5.74, 6) is 1.61. The van der Waals surface area contributed by atoms with Crippen LogP contribution in [0.15, 0.2) is 12.1 Å². The lowest BCUT2D eigenvalue weighted by molar-refractivity contribution is 0.0940. The van der Waals surface area contributed by atoms with E-state index in [1.54, 1.807) is 12.1 Å². The number of anilines is 1. The van der Waals surface area contributed by atoms with Crippen molar-refractivity contribution in [3.63, 3.8) is 0 Å². The fraction of sp³-hybridized carbons (Fsp3) is 0.533. The van der Waals surface area contributed by atoms with Gasteiger partial charge in [-0.2, -0.15) is 0 Å². The van der Waals surface area contributed by atoms with Crippen LogP contribution in [0.5, 0.6) is 11.5 Å². The second-order valence-electron chi connectivity index (χ2n) is 5.99. The molecule has 5 nitrogen and oxygen atoms in total. The molecule has 2 aliphatic rings. The van der Waals surface area contributed by atoms with Gasteiger partial charge in [-0.1, -0.05) is 13.8 Å². The number of rotatable bonds is 4. The molecule has 1 aromatic carbocycles. The van der Waals surface area contributed by atoms with Crippen LogP contribution in [0.3, 0.4) is 0 Å². The predicted octanol–water partition coefficient (Wildman–Crippen LogP) is 2.16. The number of nitrogens with one attached hydrogen (secondary N) is 1. The van der Waals surface area contributed by atoms with E-state index in [1.165, 1.54) is 12.8 Å². The Kier molecular flexibility index (Phi) is 3.00. The molecule has 0 atom stereocenters. The second kappa shape index (κ2) is 4.58. The fourth-order valence-electron chi connectivity index (χ4n) is 2.62. The summed E-state index contributed by atoms with van der Waals surface area (Å²) >= 11 is 0. The number of hydrogen-bond donors (Lipinski definition) is 2. The number of amides is 1. The van der Waals surface area contributed by atoms with Crippen molar-refractivity contribution in [2.24, 2.45) is 11.3 Å². The van der Waals surface area contributed by atoms with Crippen molar-refractivity contribution in [3.8, 4) is 11.5 Å². The number of hydrogen-bond acceptors (Lipinski definition) is 4. The van der Waals surface area contributed by atoms with Crippen LogP contribution in [-0.4, -0.2) is 19.2 Å². The van der Waals surface area contributed by atoms with Gasteiger partial charge in [0, 0.05) is 18.3 Å². The van der Waals surface area contributed by atoms with E-state index in [1.807, 2.05) is 0 Å². The highest BCUT2D eigenvalue weighted by Crippen LogP contribution is 2.51. The summed E-state index contributed by atoms with van der Waals surface area (Å²) in [6.07, 6.45) is 2.36. The maximum Gasteiger partial charge on any atom is 0.253 e. The molecule has 3 rings (SSSR count). The van der Waals surface area contributed by atoms with Crippen molar-refractivity contribution in [2.45, 2.75) is 26.7 Å². The zero-order chi connectivity index (χ0) is 14.3. The highest BCUT2D eigenvalue weighted by Gasteiger charge is 2.45. The van der Waals surface area contributed by atoms with Gasteiger partial charge in [0.15, 0.2) is 11.5 Å². The van der Waals surface area contributed by atoms with Crippen LogP contribution in [0, 0.1) is 11.3 Å². The molecule has 3 N–H and O–H groups in total. The van der Waals surface area contributed by atoms with Crippen molar-refractivity contribution in [1.29, 1.82) is 0 Å². The number of carbonyl (C=O) groups is 1. The normalized spacial score (nSPS) is 18.1. The summed E-state index contributed by atoms with van der Waals surface area (Å²) < 4.78 is 10.5. The second-order valence-corrected chi connectivity index (χ2v) is 5.99. The van der Waals surface area contributed by atoms with Crippen molar-refractivity contribution in [1.82, 2.24) is 5.32 Å². The first kappa shape index (κ1) is 13.1. The van der Waals surface area contributed by atoms with Gasteiger partial charge in [0.25, 0.3) is 5.91 Å². The van der Waals surface area contributed by atoms with E-state index in [2.05, 4.69) is 19.2 Å². The molecule has 0 aromatic heterocycles. The lowest BCUT2D eigenvalue weighted by Crippen LogP contribution is -2.33. The molecule has 0 spiro atoms. The van der Waals surface area contributed by atoms with Gasteiger partial charge in [0.2, 0.25) is 6.79 Å². The molecular weight excluding hydrogens is 256 g/mol. The van der Waals surface area contributed by atoms with E-state index >= 15 is 0 Å². The quantitative estimate of drug-likeness (QED) is 0.826. The van der Waals surface area contributed by atoms with Gasteiger partial charge in [-0.15, -0.1) is 0 Å². The van der Waals surface area contributed by atoms with Crippen LogP contribution < -0.4 is 20.5 Å². The van der Waals surface area contributed by atoms with Crippen LogP contribution in [-0.2, 0) is 0 Å². The summed E-state index contributed by atoms with van der Waals surface area (Å²) in [6.45, 7) is 5.29. The first-order valence-electron chi connectivity index (χ1n) is 6.99. The molecule has 1 heterocycles. The summed E-state index contributed by atoms with van der Waals surface area (Å²) in [5, 5.41) is 3.00.